The molecule has 21 heavy (non-hydrogen) atoms. The lowest BCUT2D eigenvalue weighted by molar-refractivity contribution is 0.0538. The van der Waals surface area contributed by atoms with Gasteiger partial charge in [0.15, 0.2) is 0 Å². The molecule has 0 aromatic rings. The lowest BCUT2D eigenvalue weighted by Crippen LogP contribution is -2.31. The number of hydrogen-bond donors (Lipinski definition) is 0. The maximum Gasteiger partial charge on any atom is 0.119 e. The minimum atomic E-state index is -1.04. The highest BCUT2D eigenvalue weighted by molar-refractivity contribution is 9.11. The summed E-state index contributed by atoms with van der Waals surface area (Å²) in [6.45, 7) is 17.0. The van der Waals surface area contributed by atoms with E-state index < -0.39 is 8.07 Å². The molecule has 0 saturated heterocycles. The molecular weight excluding hydrogens is 366 g/mol. The van der Waals surface area contributed by atoms with Crippen LogP contribution in [0.15, 0.2) is 34.9 Å². The number of halogens is 2. The van der Waals surface area contributed by atoms with Crippen molar-refractivity contribution in [1.82, 2.24) is 4.90 Å². The van der Waals surface area contributed by atoms with E-state index in [1.54, 1.807) is 0 Å². The van der Waals surface area contributed by atoms with Crippen LogP contribution in [0.5, 0.6) is 0 Å². The maximum absolute atomic E-state index is 6.57. The molecule has 0 aliphatic carbocycles. The molecule has 0 radical (unpaired) electrons. The van der Waals surface area contributed by atoms with Crippen LogP contribution < -0.4 is 0 Å². The first kappa shape index (κ1) is 19.0. The summed E-state index contributed by atoms with van der Waals surface area (Å²) in [6.07, 6.45) is 5.56. The van der Waals surface area contributed by atoms with Crippen LogP contribution in [0.25, 0.3) is 0 Å². The first-order valence-corrected chi connectivity index (χ1v) is 12.2. The van der Waals surface area contributed by atoms with E-state index in [9.17, 15) is 0 Å². The van der Waals surface area contributed by atoms with Crippen LogP contribution in [-0.4, -0.2) is 32.9 Å². The molecule has 1 aliphatic heterocycles. The Labute approximate surface area is 144 Å². The van der Waals surface area contributed by atoms with Crippen molar-refractivity contribution >= 4 is 35.6 Å². The Morgan fingerprint density at radius 1 is 1.33 bits per heavy atom. The molecule has 0 aromatic heterocycles. The van der Waals surface area contributed by atoms with Gasteiger partial charge in [-0.3, -0.25) is 0 Å². The van der Waals surface area contributed by atoms with E-state index in [4.69, 9.17) is 16.3 Å². The van der Waals surface area contributed by atoms with Gasteiger partial charge in [0.05, 0.1) is 9.64 Å². The van der Waals surface area contributed by atoms with Crippen molar-refractivity contribution in [2.75, 3.05) is 19.9 Å². The zero-order chi connectivity index (χ0) is 16.1. The molecule has 5 heteroatoms. The average molecular weight is 393 g/mol. The molecule has 0 unspecified atom stereocenters. The van der Waals surface area contributed by atoms with E-state index in [0.29, 0.717) is 6.73 Å². The van der Waals surface area contributed by atoms with Crippen molar-refractivity contribution in [2.24, 2.45) is 5.41 Å². The number of nitrogens with zero attached hydrogens (tertiary/aromatic N) is 1. The van der Waals surface area contributed by atoms with Gasteiger partial charge in [0.1, 0.15) is 6.73 Å². The zero-order valence-electron chi connectivity index (χ0n) is 13.4. The Morgan fingerprint density at radius 2 is 1.90 bits per heavy atom. The summed E-state index contributed by atoms with van der Waals surface area (Å²) >= 11 is 10.2. The Kier molecular flexibility index (Phi) is 7.24. The topological polar surface area (TPSA) is 12.5 Å². The molecule has 1 aliphatic rings. The van der Waals surface area contributed by atoms with E-state index >= 15 is 0 Å². The highest BCUT2D eigenvalue weighted by atomic mass is 79.9. The van der Waals surface area contributed by atoms with Crippen LogP contribution >= 0.6 is 27.5 Å². The smallest absolute Gasteiger partial charge is 0.119 e. The summed E-state index contributed by atoms with van der Waals surface area (Å²) in [6, 6.07) is 1.18. The minimum absolute atomic E-state index is 0.105. The van der Waals surface area contributed by atoms with Gasteiger partial charge in [-0.15, -0.1) is 13.2 Å². The van der Waals surface area contributed by atoms with E-state index in [1.165, 1.54) is 6.04 Å². The van der Waals surface area contributed by atoms with Gasteiger partial charge in [0.25, 0.3) is 0 Å². The predicted octanol–water partition coefficient (Wildman–Crippen LogP) is 5.56. The van der Waals surface area contributed by atoms with E-state index in [2.05, 4.69) is 53.6 Å². The zero-order valence-corrected chi connectivity index (χ0v) is 16.8. The van der Waals surface area contributed by atoms with Gasteiger partial charge < -0.3 is 9.64 Å². The second kappa shape index (κ2) is 8.00. The lowest BCUT2D eigenvalue weighted by Gasteiger charge is -2.29. The van der Waals surface area contributed by atoms with Gasteiger partial charge in [0.2, 0.25) is 0 Å². The first-order valence-electron chi connectivity index (χ1n) is 7.36. The van der Waals surface area contributed by atoms with Crippen LogP contribution in [-0.2, 0) is 4.74 Å². The van der Waals surface area contributed by atoms with Crippen LogP contribution in [0, 0.1) is 5.41 Å². The quantitative estimate of drug-likeness (QED) is 0.220. The fourth-order valence-electron chi connectivity index (χ4n) is 2.46. The van der Waals surface area contributed by atoms with E-state index in [0.717, 1.165) is 35.6 Å². The molecule has 0 spiro atoms. The molecule has 0 atom stereocenters. The predicted molar refractivity (Wildman–Crippen MR) is 99.5 cm³/mol. The first-order chi connectivity index (χ1) is 9.75. The molecule has 1 rings (SSSR count). The van der Waals surface area contributed by atoms with Gasteiger partial charge in [-0.1, -0.05) is 43.4 Å². The number of rotatable bonds is 9. The summed E-state index contributed by atoms with van der Waals surface area (Å²) in [5.41, 5.74) is -0.105. The average Bonchev–Trinajstić information content (AvgIpc) is 2.60. The SMILES string of the molecule is C=CCC1(CC=C)CN(COCC[Si](C)(C)C)C(Br)=C1Cl. The summed E-state index contributed by atoms with van der Waals surface area (Å²) in [5, 5.41) is 0.857. The molecule has 0 amide bonds. The van der Waals surface area contributed by atoms with Gasteiger partial charge in [-0.05, 0) is 34.8 Å². The van der Waals surface area contributed by atoms with Crippen LogP contribution in [0.1, 0.15) is 12.8 Å². The van der Waals surface area contributed by atoms with Gasteiger partial charge >= 0.3 is 0 Å². The highest BCUT2D eigenvalue weighted by Gasteiger charge is 2.41. The van der Waals surface area contributed by atoms with Crippen LogP contribution in [0.3, 0.4) is 0 Å². The summed E-state index contributed by atoms with van der Waals surface area (Å²) in [4.78, 5) is 2.17. The third-order valence-electron chi connectivity index (χ3n) is 3.73. The largest absolute Gasteiger partial charge is 0.361 e. The van der Waals surface area contributed by atoms with Crippen molar-refractivity contribution in [1.29, 1.82) is 0 Å². The minimum Gasteiger partial charge on any atom is -0.361 e. The van der Waals surface area contributed by atoms with Crippen molar-refractivity contribution in [3.63, 3.8) is 0 Å². The van der Waals surface area contributed by atoms with E-state index in [1.807, 2.05) is 12.2 Å². The molecule has 120 valence electrons. The molecule has 2 nitrogen and oxygen atoms in total. The van der Waals surface area contributed by atoms with Gasteiger partial charge in [0, 0.05) is 26.6 Å². The molecular formula is C16H27BrClNOSi. The molecule has 0 aromatic carbocycles. The number of allylic oxidation sites excluding steroid dienone is 2. The monoisotopic (exact) mass is 391 g/mol. The maximum atomic E-state index is 6.57. The summed E-state index contributed by atoms with van der Waals surface area (Å²) < 4.78 is 6.79. The summed E-state index contributed by atoms with van der Waals surface area (Å²) in [7, 11) is -1.04. The van der Waals surface area contributed by atoms with Crippen LogP contribution in [0.2, 0.25) is 25.7 Å². The fourth-order valence-corrected chi connectivity index (χ4v) is 4.20. The molecule has 0 saturated carbocycles. The van der Waals surface area contributed by atoms with Crippen LogP contribution in [0.4, 0.5) is 0 Å². The molecule has 0 bridgehead atoms. The Bertz CT molecular complexity index is 407. The van der Waals surface area contributed by atoms with Crippen molar-refractivity contribution in [3.8, 4) is 0 Å². The fraction of sp³-hybridized carbons (Fsp3) is 0.625. The highest BCUT2D eigenvalue weighted by Crippen LogP contribution is 2.48. The summed E-state index contributed by atoms with van der Waals surface area (Å²) in [5.74, 6) is 0. The third-order valence-corrected chi connectivity index (χ3v) is 7.14. The third kappa shape index (κ3) is 5.27. The molecule has 0 fully saturated rings. The number of ether oxygens (including phenoxy) is 1. The van der Waals surface area contributed by atoms with Gasteiger partial charge in [-0.25, -0.2) is 0 Å². The van der Waals surface area contributed by atoms with Gasteiger partial charge in [-0.2, -0.15) is 0 Å². The Morgan fingerprint density at radius 3 is 2.38 bits per heavy atom. The van der Waals surface area contributed by atoms with E-state index in [-0.39, 0.29) is 5.41 Å². The standard InChI is InChI=1S/C16H27BrClNOSi/c1-6-8-16(9-7-2)12-19(15(17)14(16)18)13-20-10-11-21(3,4)5/h6-7H,1-2,8-13H2,3-5H3. The van der Waals surface area contributed by atoms with Crippen molar-refractivity contribution < 1.29 is 4.74 Å². The normalized spacial score (nSPS) is 18.2. The Hall–Kier alpha value is -0.0331. The van der Waals surface area contributed by atoms with Crippen molar-refractivity contribution in [3.05, 3.63) is 34.9 Å². The number of hydrogen-bond acceptors (Lipinski definition) is 2. The molecule has 1 heterocycles. The second-order valence-corrected chi connectivity index (χ2v) is 13.7. The second-order valence-electron chi connectivity index (χ2n) is 6.92. The Balaban J connectivity index is 2.63. The lowest BCUT2D eigenvalue weighted by atomic mass is 9.82. The van der Waals surface area contributed by atoms with Crippen molar-refractivity contribution in [2.45, 2.75) is 38.5 Å². The molecule has 0 N–H and O–H groups in total.